The lowest BCUT2D eigenvalue weighted by Crippen LogP contribution is -2.30. The minimum absolute atomic E-state index is 0.0646. The summed E-state index contributed by atoms with van der Waals surface area (Å²) in [7, 11) is 0. The summed E-state index contributed by atoms with van der Waals surface area (Å²) < 4.78 is 6.70. The fourth-order valence-electron chi connectivity index (χ4n) is 2.43. The van der Waals surface area contributed by atoms with Gasteiger partial charge in [-0.2, -0.15) is 0 Å². The van der Waals surface area contributed by atoms with Crippen molar-refractivity contribution in [2.45, 2.75) is 26.3 Å². The molecular formula is C14H18BrNO3. The maximum atomic E-state index is 10.9. The third-order valence-corrected chi connectivity index (χ3v) is 3.58. The number of carbonyl (C=O) groups is 1. The Bertz CT molecular complexity index is 476. The molecule has 0 saturated heterocycles. The molecule has 0 radical (unpaired) electrons. The van der Waals surface area contributed by atoms with Crippen LogP contribution in [0.5, 0.6) is 5.75 Å². The van der Waals surface area contributed by atoms with Crippen LogP contribution in [0, 0.1) is 0 Å². The normalized spacial score (nSPS) is 13.4. The van der Waals surface area contributed by atoms with Gasteiger partial charge in [0.15, 0.2) is 0 Å². The Labute approximate surface area is 121 Å². The number of aliphatic carboxylic acids is 1. The number of hydrogen-bond donors (Lipinski definition) is 1. The summed E-state index contributed by atoms with van der Waals surface area (Å²) in [6.07, 6.45) is 1.86. The van der Waals surface area contributed by atoms with E-state index < -0.39 is 5.97 Å². The van der Waals surface area contributed by atoms with Crippen LogP contribution in [-0.4, -0.2) is 35.7 Å². The summed E-state index contributed by atoms with van der Waals surface area (Å²) in [6.45, 7) is 4.22. The van der Waals surface area contributed by atoms with Gasteiger partial charge < -0.3 is 9.84 Å². The van der Waals surface area contributed by atoms with Crippen molar-refractivity contribution in [1.29, 1.82) is 0 Å². The second-order valence-electron chi connectivity index (χ2n) is 4.76. The highest BCUT2D eigenvalue weighted by atomic mass is 79.9. The van der Waals surface area contributed by atoms with Gasteiger partial charge in [0, 0.05) is 23.0 Å². The number of nitrogens with zero attached hydrogens (tertiary/aromatic N) is 1. The number of carboxylic acid groups (broad SMARTS) is 1. The molecule has 1 N–H and O–H groups in total. The molecule has 1 aromatic carbocycles. The van der Waals surface area contributed by atoms with Crippen LogP contribution >= 0.6 is 15.9 Å². The molecule has 1 aliphatic heterocycles. The van der Waals surface area contributed by atoms with E-state index in [0.29, 0.717) is 13.2 Å². The number of rotatable bonds is 6. The van der Waals surface area contributed by atoms with Crippen LogP contribution in [0.4, 0.5) is 0 Å². The first-order valence-electron chi connectivity index (χ1n) is 6.48. The second-order valence-corrected chi connectivity index (χ2v) is 5.67. The van der Waals surface area contributed by atoms with Gasteiger partial charge in [0.25, 0.3) is 0 Å². The highest BCUT2D eigenvalue weighted by Crippen LogP contribution is 2.33. The molecule has 0 bridgehead atoms. The van der Waals surface area contributed by atoms with Gasteiger partial charge in [0.05, 0.1) is 13.2 Å². The van der Waals surface area contributed by atoms with Crippen LogP contribution in [0.15, 0.2) is 16.6 Å². The largest absolute Gasteiger partial charge is 0.493 e. The first-order chi connectivity index (χ1) is 9.10. The zero-order valence-electron chi connectivity index (χ0n) is 11.0. The number of hydrogen-bond acceptors (Lipinski definition) is 3. The first-order valence-corrected chi connectivity index (χ1v) is 7.27. The van der Waals surface area contributed by atoms with Crippen LogP contribution in [0.1, 0.15) is 24.5 Å². The molecule has 0 unspecified atom stereocenters. The molecule has 0 saturated carbocycles. The lowest BCUT2D eigenvalue weighted by Gasteiger charge is -2.21. The molecule has 1 aliphatic rings. The van der Waals surface area contributed by atoms with Gasteiger partial charge in [0.2, 0.25) is 0 Å². The molecule has 19 heavy (non-hydrogen) atoms. The van der Waals surface area contributed by atoms with Crippen molar-refractivity contribution in [2.75, 3.05) is 19.7 Å². The van der Waals surface area contributed by atoms with Crippen LogP contribution in [0.25, 0.3) is 0 Å². The Morgan fingerprint density at radius 1 is 1.53 bits per heavy atom. The van der Waals surface area contributed by atoms with E-state index in [-0.39, 0.29) is 6.54 Å². The molecule has 1 aromatic rings. The predicted molar refractivity (Wildman–Crippen MR) is 76.5 cm³/mol. The third kappa shape index (κ3) is 3.70. The van der Waals surface area contributed by atoms with Crippen LogP contribution in [0.3, 0.4) is 0 Å². The minimum Gasteiger partial charge on any atom is -0.493 e. The fraction of sp³-hybridized carbons (Fsp3) is 0.500. The Morgan fingerprint density at radius 2 is 2.32 bits per heavy atom. The molecule has 0 aliphatic carbocycles. The Balaban J connectivity index is 2.19. The van der Waals surface area contributed by atoms with E-state index in [4.69, 9.17) is 9.84 Å². The summed E-state index contributed by atoms with van der Waals surface area (Å²) in [5.41, 5.74) is 2.27. The molecule has 104 valence electrons. The number of ether oxygens (including phenoxy) is 1. The van der Waals surface area contributed by atoms with E-state index in [9.17, 15) is 4.79 Å². The van der Waals surface area contributed by atoms with Gasteiger partial charge in [-0.3, -0.25) is 9.69 Å². The number of fused-ring (bicyclic) bond motifs is 1. The van der Waals surface area contributed by atoms with E-state index >= 15 is 0 Å². The topological polar surface area (TPSA) is 49.8 Å². The van der Waals surface area contributed by atoms with Gasteiger partial charge in [-0.15, -0.1) is 0 Å². The van der Waals surface area contributed by atoms with E-state index in [1.807, 2.05) is 11.0 Å². The molecule has 0 spiro atoms. The van der Waals surface area contributed by atoms with E-state index in [0.717, 1.165) is 35.2 Å². The molecular weight excluding hydrogens is 310 g/mol. The minimum atomic E-state index is -0.791. The van der Waals surface area contributed by atoms with Gasteiger partial charge in [0.1, 0.15) is 5.75 Å². The van der Waals surface area contributed by atoms with Crippen molar-refractivity contribution in [3.05, 3.63) is 27.7 Å². The third-order valence-electron chi connectivity index (χ3n) is 3.12. The molecule has 0 atom stereocenters. The Morgan fingerprint density at radius 3 is 3.00 bits per heavy atom. The SMILES string of the molecule is CCCN(CC(=O)O)Cc1cc(Br)cc2c1OCC2. The van der Waals surface area contributed by atoms with Crippen molar-refractivity contribution in [3.8, 4) is 5.75 Å². The van der Waals surface area contributed by atoms with Gasteiger partial charge in [-0.25, -0.2) is 0 Å². The first kappa shape index (κ1) is 14.3. The molecule has 2 rings (SSSR count). The average Bonchev–Trinajstić information content (AvgIpc) is 2.76. The zero-order chi connectivity index (χ0) is 13.8. The highest BCUT2D eigenvalue weighted by Gasteiger charge is 2.19. The van der Waals surface area contributed by atoms with Crippen molar-refractivity contribution in [3.63, 3.8) is 0 Å². The summed E-state index contributed by atoms with van der Waals surface area (Å²) in [4.78, 5) is 12.8. The van der Waals surface area contributed by atoms with Crippen LogP contribution in [0.2, 0.25) is 0 Å². The number of halogens is 1. The summed E-state index contributed by atoms with van der Waals surface area (Å²) in [5.74, 6) is 0.149. The molecule has 0 aromatic heterocycles. The van der Waals surface area contributed by atoms with Gasteiger partial charge in [-0.1, -0.05) is 22.9 Å². The molecule has 1 heterocycles. The van der Waals surface area contributed by atoms with Crippen molar-refractivity contribution < 1.29 is 14.6 Å². The van der Waals surface area contributed by atoms with Crippen LogP contribution in [-0.2, 0) is 17.8 Å². The zero-order valence-corrected chi connectivity index (χ0v) is 12.6. The van der Waals surface area contributed by atoms with Crippen molar-refractivity contribution >= 4 is 21.9 Å². The average molecular weight is 328 g/mol. The number of benzene rings is 1. The molecule has 4 nitrogen and oxygen atoms in total. The maximum Gasteiger partial charge on any atom is 0.317 e. The molecule has 5 heteroatoms. The lowest BCUT2D eigenvalue weighted by atomic mass is 10.1. The Kier molecular flexibility index (Phi) is 4.82. The number of carboxylic acids is 1. The van der Waals surface area contributed by atoms with Gasteiger partial charge in [-0.05, 0) is 30.7 Å². The smallest absolute Gasteiger partial charge is 0.317 e. The van der Waals surface area contributed by atoms with E-state index in [1.54, 1.807) is 0 Å². The van der Waals surface area contributed by atoms with Crippen LogP contribution < -0.4 is 4.74 Å². The molecule has 0 fully saturated rings. The maximum absolute atomic E-state index is 10.9. The summed E-state index contributed by atoms with van der Waals surface area (Å²) >= 11 is 3.51. The summed E-state index contributed by atoms with van der Waals surface area (Å²) in [5, 5.41) is 8.95. The molecule has 0 amide bonds. The van der Waals surface area contributed by atoms with Gasteiger partial charge >= 0.3 is 5.97 Å². The van der Waals surface area contributed by atoms with E-state index in [2.05, 4.69) is 28.9 Å². The fourth-order valence-corrected chi connectivity index (χ4v) is 2.98. The monoisotopic (exact) mass is 327 g/mol. The highest BCUT2D eigenvalue weighted by molar-refractivity contribution is 9.10. The Hall–Kier alpha value is -1.07. The second kappa shape index (κ2) is 6.39. The lowest BCUT2D eigenvalue weighted by molar-refractivity contribution is -0.138. The summed E-state index contributed by atoms with van der Waals surface area (Å²) in [6, 6.07) is 4.10. The standard InChI is InChI=1S/C14H18BrNO3/c1-2-4-16(9-13(17)18)8-11-7-12(15)6-10-3-5-19-14(10)11/h6-7H,2-5,8-9H2,1H3,(H,17,18). The van der Waals surface area contributed by atoms with Crippen molar-refractivity contribution in [1.82, 2.24) is 4.90 Å². The van der Waals surface area contributed by atoms with E-state index in [1.165, 1.54) is 5.56 Å². The quantitative estimate of drug-likeness (QED) is 0.872. The predicted octanol–water partition coefficient (Wildman–Crippen LogP) is 2.68. The van der Waals surface area contributed by atoms with Crippen molar-refractivity contribution in [2.24, 2.45) is 0 Å².